The van der Waals surface area contributed by atoms with Crippen molar-refractivity contribution in [2.24, 2.45) is 0 Å². The molecule has 0 atom stereocenters. The number of anilines is 1. The number of benzene rings is 3. The van der Waals surface area contributed by atoms with Crippen LogP contribution in [0.4, 0.5) is 5.69 Å². The highest BCUT2D eigenvalue weighted by atomic mass is 16.4. The second-order valence-electron chi connectivity index (χ2n) is 10.2. The van der Waals surface area contributed by atoms with E-state index in [0.717, 1.165) is 16.8 Å². The SMILES string of the molecule is N#CC(CCN1CCC2(CC1)C(=O)N(CC(=O)O)CN2c1ccccc1)(c1ccccc1)c1ccccc1. The molecular formula is C31H32N4O3. The maximum Gasteiger partial charge on any atom is 0.323 e. The molecule has 0 radical (unpaired) electrons. The topological polar surface area (TPSA) is 87.9 Å². The summed E-state index contributed by atoms with van der Waals surface area (Å²) in [6, 6.07) is 32.3. The molecular weight excluding hydrogens is 476 g/mol. The van der Waals surface area contributed by atoms with Gasteiger partial charge in [-0.05, 0) is 42.5 Å². The zero-order valence-electron chi connectivity index (χ0n) is 21.4. The van der Waals surface area contributed by atoms with Gasteiger partial charge in [-0.1, -0.05) is 78.9 Å². The van der Waals surface area contributed by atoms with Crippen molar-refractivity contribution in [2.75, 3.05) is 37.7 Å². The predicted octanol–water partition coefficient (Wildman–Crippen LogP) is 4.11. The van der Waals surface area contributed by atoms with E-state index in [2.05, 4.69) is 15.9 Å². The van der Waals surface area contributed by atoms with Crippen LogP contribution in [0.5, 0.6) is 0 Å². The average molecular weight is 509 g/mol. The molecule has 1 spiro atoms. The van der Waals surface area contributed by atoms with Gasteiger partial charge >= 0.3 is 5.97 Å². The molecule has 2 saturated heterocycles. The van der Waals surface area contributed by atoms with Crippen molar-refractivity contribution in [2.45, 2.75) is 30.2 Å². The number of nitriles is 1. The Bertz CT molecular complexity index is 1260. The van der Waals surface area contributed by atoms with Gasteiger partial charge in [-0.25, -0.2) is 0 Å². The number of hydrogen-bond donors (Lipinski definition) is 1. The van der Waals surface area contributed by atoms with Gasteiger partial charge in [0.15, 0.2) is 0 Å². The van der Waals surface area contributed by atoms with Gasteiger partial charge in [0, 0.05) is 25.3 Å². The number of hydrogen-bond acceptors (Lipinski definition) is 5. The Morgan fingerprint density at radius 2 is 1.42 bits per heavy atom. The van der Waals surface area contributed by atoms with E-state index < -0.39 is 16.9 Å². The molecule has 2 aliphatic heterocycles. The number of carboxylic acid groups (broad SMARTS) is 1. The van der Waals surface area contributed by atoms with E-state index in [-0.39, 0.29) is 19.1 Å². The third-order valence-corrected chi connectivity index (χ3v) is 8.12. The summed E-state index contributed by atoms with van der Waals surface area (Å²) in [4.78, 5) is 30.9. The molecule has 0 aliphatic carbocycles. The van der Waals surface area contributed by atoms with Gasteiger partial charge in [0.1, 0.15) is 17.5 Å². The van der Waals surface area contributed by atoms with Crippen LogP contribution in [0, 0.1) is 11.3 Å². The van der Waals surface area contributed by atoms with Crippen LogP contribution in [-0.4, -0.2) is 65.2 Å². The molecule has 0 unspecified atom stereocenters. The molecule has 2 aliphatic rings. The first-order valence-corrected chi connectivity index (χ1v) is 13.1. The third kappa shape index (κ3) is 4.64. The molecule has 3 aromatic rings. The molecule has 5 rings (SSSR count). The molecule has 3 aromatic carbocycles. The van der Waals surface area contributed by atoms with Crippen molar-refractivity contribution in [3.8, 4) is 6.07 Å². The second-order valence-corrected chi connectivity index (χ2v) is 10.2. The lowest BCUT2D eigenvalue weighted by molar-refractivity contribution is -0.144. The molecule has 2 heterocycles. The highest BCUT2D eigenvalue weighted by Crippen LogP contribution is 2.40. The number of carboxylic acids is 1. The minimum atomic E-state index is -1.00. The number of carbonyl (C=O) groups is 2. The van der Waals surface area contributed by atoms with Crippen molar-refractivity contribution in [3.63, 3.8) is 0 Å². The number of para-hydroxylation sites is 1. The maximum absolute atomic E-state index is 13.6. The van der Waals surface area contributed by atoms with Crippen LogP contribution in [0.2, 0.25) is 0 Å². The van der Waals surface area contributed by atoms with E-state index >= 15 is 0 Å². The minimum Gasteiger partial charge on any atom is -0.480 e. The Balaban J connectivity index is 1.35. The van der Waals surface area contributed by atoms with Crippen molar-refractivity contribution in [1.29, 1.82) is 5.26 Å². The number of piperidine rings is 1. The fraction of sp³-hybridized carbons (Fsp3) is 0.323. The first-order chi connectivity index (χ1) is 18.5. The fourth-order valence-corrected chi connectivity index (χ4v) is 6.04. The quantitative estimate of drug-likeness (QED) is 0.493. The standard InChI is InChI=1S/C31H32N4O3/c32-23-30(25-10-4-1-5-11-25,26-12-6-2-7-13-26)16-19-33-20-17-31(18-21-33)29(38)34(22-28(36)37)24-35(31)27-14-8-3-9-15-27/h1-15H,16-22,24H2,(H,36,37). The molecule has 1 amide bonds. The molecule has 0 aromatic heterocycles. The zero-order valence-corrected chi connectivity index (χ0v) is 21.4. The van der Waals surface area contributed by atoms with Crippen LogP contribution < -0.4 is 4.90 Å². The largest absolute Gasteiger partial charge is 0.480 e. The van der Waals surface area contributed by atoms with Crippen molar-refractivity contribution < 1.29 is 14.7 Å². The van der Waals surface area contributed by atoms with E-state index in [1.54, 1.807) is 0 Å². The van der Waals surface area contributed by atoms with E-state index in [4.69, 9.17) is 0 Å². The molecule has 194 valence electrons. The van der Waals surface area contributed by atoms with Gasteiger partial charge in [0.2, 0.25) is 0 Å². The molecule has 38 heavy (non-hydrogen) atoms. The third-order valence-electron chi connectivity index (χ3n) is 8.12. The first-order valence-electron chi connectivity index (χ1n) is 13.1. The van der Waals surface area contributed by atoms with Crippen molar-refractivity contribution in [3.05, 3.63) is 102 Å². The van der Waals surface area contributed by atoms with Crippen LogP contribution in [0.3, 0.4) is 0 Å². The van der Waals surface area contributed by atoms with Crippen LogP contribution in [0.25, 0.3) is 0 Å². The Hall–Kier alpha value is -4.15. The van der Waals surface area contributed by atoms with E-state index in [9.17, 15) is 20.0 Å². The van der Waals surface area contributed by atoms with Gasteiger partial charge in [0.25, 0.3) is 5.91 Å². The lowest BCUT2D eigenvalue weighted by atomic mass is 9.73. The highest BCUT2D eigenvalue weighted by Gasteiger charge is 2.54. The molecule has 7 heteroatoms. The summed E-state index contributed by atoms with van der Waals surface area (Å²) in [5.74, 6) is -1.11. The molecule has 0 saturated carbocycles. The lowest BCUT2D eigenvalue weighted by Crippen LogP contribution is -2.57. The Morgan fingerprint density at radius 1 is 0.895 bits per heavy atom. The molecule has 2 fully saturated rings. The summed E-state index contributed by atoms with van der Waals surface area (Å²) in [6.45, 7) is 2.08. The van der Waals surface area contributed by atoms with Crippen LogP contribution >= 0.6 is 0 Å². The number of carbonyl (C=O) groups excluding carboxylic acids is 1. The van der Waals surface area contributed by atoms with E-state index in [1.807, 2.05) is 91.0 Å². The van der Waals surface area contributed by atoms with Crippen LogP contribution in [-0.2, 0) is 15.0 Å². The summed E-state index contributed by atoms with van der Waals surface area (Å²) < 4.78 is 0. The van der Waals surface area contributed by atoms with Crippen LogP contribution in [0.15, 0.2) is 91.0 Å². The number of amides is 1. The van der Waals surface area contributed by atoms with Crippen molar-refractivity contribution in [1.82, 2.24) is 9.80 Å². The first kappa shape index (κ1) is 25.5. The Labute approximate surface area is 223 Å². The molecule has 1 N–H and O–H groups in total. The molecule has 7 nitrogen and oxygen atoms in total. The summed E-state index contributed by atoms with van der Waals surface area (Å²) in [5, 5.41) is 19.9. The second kappa shape index (κ2) is 10.7. The zero-order chi connectivity index (χ0) is 26.6. The lowest BCUT2D eigenvalue weighted by Gasteiger charge is -2.44. The summed E-state index contributed by atoms with van der Waals surface area (Å²) in [7, 11) is 0. The Kier molecular flexibility index (Phi) is 7.17. The van der Waals surface area contributed by atoms with E-state index in [0.29, 0.717) is 38.9 Å². The number of rotatable bonds is 8. The summed E-state index contributed by atoms with van der Waals surface area (Å²) in [6.07, 6.45) is 1.84. The molecule has 0 bridgehead atoms. The summed E-state index contributed by atoms with van der Waals surface area (Å²) >= 11 is 0. The Morgan fingerprint density at radius 3 is 1.92 bits per heavy atom. The van der Waals surface area contributed by atoms with E-state index in [1.165, 1.54) is 4.90 Å². The highest BCUT2D eigenvalue weighted by molar-refractivity contribution is 5.95. The van der Waals surface area contributed by atoms with Gasteiger partial charge in [0.05, 0.1) is 12.7 Å². The van der Waals surface area contributed by atoms with Gasteiger partial charge in [-0.2, -0.15) is 5.26 Å². The monoisotopic (exact) mass is 508 g/mol. The maximum atomic E-state index is 13.6. The smallest absolute Gasteiger partial charge is 0.323 e. The number of nitrogens with zero attached hydrogens (tertiary/aromatic N) is 4. The van der Waals surface area contributed by atoms with Crippen LogP contribution in [0.1, 0.15) is 30.4 Å². The average Bonchev–Trinajstić information content (AvgIpc) is 3.22. The minimum absolute atomic E-state index is 0.108. The van der Waals surface area contributed by atoms with Crippen molar-refractivity contribution >= 4 is 17.6 Å². The summed E-state index contributed by atoms with van der Waals surface area (Å²) in [5.41, 5.74) is 1.37. The number of likely N-dealkylation sites (tertiary alicyclic amines) is 1. The fourth-order valence-electron chi connectivity index (χ4n) is 6.04. The normalized spacial score (nSPS) is 17.5. The predicted molar refractivity (Wildman–Crippen MR) is 145 cm³/mol. The van der Waals surface area contributed by atoms with Gasteiger partial charge < -0.3 is 19.8 Å². The van der Waals surface area contributed by atoms with Gasteiger partial charge in [-0.15, -0.1) is 0 Å². The van der Waals surface area contributed by atoms with Gasteiger partial charge in [-0.3, -0.25) is 9.59 Å². The number of aliphatic carboxylic acids is 1.